The number of carbonyl (C=O) groups is 1. The fourth-order valence-electron chi connectivity index (χ4n) is 2.48. The lowest BCUT2D eigenvalue weighted by Gasteiger charge is -2.23. The molecule has 0 bridgehead atoms. The molecule has 0 spiro atoms. The number of nitrogens with zero attached hydrogens (tertiary/aromatic N) is 2. The number of hydrogen-bond acceptors (Lipinski definition) is 3. The second-order valence-corrected chi connectivity index (χ2v) is 4.97. The first-order chi connectivity index (χ1) is 8.74. The molecule has 0 aliphatic carbocycles. The summed E-state index contributed by atoms with van der Waals surface area (Å²) in [6.07, 6.45) is 3.60. The van der Waals surface area contributed by atoms with Gasteiger partial charge in [0, 0.05) is 18.7 Å². The molecule has 1 amide bonds. The third-order valence-corrected chi connectivity index (χ3v) is 3.47. The molecular formula is C14H17N3O. The lowest BCUT2D eigenvalue weighted by atomic mass is 10.1. The summed E-state index contributed by atoms with van der Waals surface area (Å²) in [5, 5.41) is 9.43. The third kappa shape index (κ3) is 1.98. The second kappa shape index (κ2) is 4.44. The molecule has 94 valence electrons. The van der Waals surface area contributed by atoms with Gasteiger partial charge in [0.1, 0.15) is 0 Å². The van der Waals surface area contributed by atoms with Crippen molar-refractivity contribution in [2.24, 2.45) is 5.10 Å². The molecule has 0 atom stereocenters. The Morgan fingerprint density at radius 3 is 2.78 bits per heavy atom. The predicted octanol–water partition coefficient (Wildman–Crippen LogP) is 2.14. The molecule has 1 fully saturated rings. The summed E-state index contributed by atoms with van der Waals surface area (Å²) in [5.74, 6) is -0.0822. The minimum Gasteiger partial charge on any atom is -0.320 e. The molecule has 0 aromatic heterocycles. The molecule has 4 heteroatoms. The van der Waals surface area contributed by atoms with Gasteiger partial charge in [-0.3, -0.25) is 9.80 Å². The molecule has 2 heterocycles. The van der Waals surface area contributed by atoms with Gasteiger partial charge >= 0.3 is 0 Å². The molecule has 1 aromatic rings. The average molecular weight is 243 g/mol. The molecule has 2 aliphatic rings. The summed E-state index contributed by atoms with van der Waals surface area (Å²) in [4.78, 5) is 11.9. The standard InChI is InChI=1S/C14H17N3O/c1-10-5-6-12-11(9-10)13(14(18)15-12)16-17-7-3-2-4-8-17/h5-6,9H,2-4,7-8H2,1H3,(H,15,16,18). The van der Waals surface area contributed by atoms with Crippen LogP contribution < -0.4 is 5.32 Å². The van der Waals surface area contributed by atoms with Gasteiger partial charge in [0.25, 0.3) is 5.91 Å². The van der Waals surface area contributed by atoms with Gasteiger partial charge in [-0.2, -0.15) is 5.10 Å². The Hall–Kier alpha value is -1.84. The second-order valence-electron chi connectivity index (χ2n) is 4.97. The zero-order valence-electron chi connectivity index (χ0n) is 10.6. The fourth-order valence-corrected chi connectivity index (χ4v) is 2.48. The van der Waals surface area contributed by atoms with E-state index in [-0.39, 0.29) is 5.91 Å². The number of carbonyl (C=O) groups excluding carboxylic acids is 1. The van der Waals surface area contributed by atoms with Crippen molar-refractivity contribution in [3.63, 3.8) is 0 Å². The van der Waals surface area contributed by atoms with E-state index in [0.29, 0.717) is 5.71 Å². The van der Waals surface area contributed by atoms with Crippen molar-refractivity contribution >= 4 is 17.3 Å². The Labute approximate surface area is 107 Å². The van der Waals surface area contributed by atoms with Gasteiger partial charge in [-0.1, -0.05) is 11.6 Å². The van der Waals surface area contributed by atoms with Crippen molar-refractivity contribution in [2.45, 2.75) is 26.2 Å². The number of benzene rings is 1. The molecule has 2 aliphatic heterocycles. The number of aryl methyl sites for hydroxylation is 1. The van der Waals surface area contributed by atoms with Crippen LogP contribution in [0, 0.1) is 6.92 Å². The quantitative estimate of drug-likeness (QED) is 0.821. The predicted molar refractivity (Wildman–Crippen MR) is 71.8 cm³/mol. The van der Waals surface area contributed by atoms with E-state index in [0.717, 1.165) is 29.9 Å². The molecule has 4 nitrogen and oxygen atoms in total. The number of hydrazone groups is 1. The van der Waals surface area contributed by atoms with Crippen LogP contribution in [0.25, 0.3) is 0 Å². The molecule has 1 aromatic carbocycles. The summed E-state index contributed by atoms with van der Waals surface area (Å²) < 4.78 is 0. The largest absolute Gasteiger partial charge is 0.320 e. The summed E-state index contributed by atoms with van der Waals surface area (Å²) >= 11 is 0. The first kappa shape index (κ1) is 11.3. The molecule has 18 heavy (non-hydrogen) atoms. The van der Waals surface area contributed by atoms with Gasteiger partial charge in [0.15, 0.2) is 5.71 Å². The van der Waals surface area contributed by atoms with Crippen molar-refractivity contribution in [3.8, 4) is 0 Å². The fraction of sp³-hybridized carbons (Fsp3) is 0.429. The van der Waals surface area contributed by atoms with E-state index in [9.17, 15) is 4.79 Å². The number of amides is 1. The Bertz CT molecular complexity index is 516. The van der Waals surface area contributed by atoms with Crippen molar-refractivity contribution in [3.05, 3.63) is 29.3 Å². The van der Waals surface area contributed by atoms with E-state index in [2.05, 4.69) is 10.4 Å². The van der Waals surface area contributed by atoms with Gasteiger partial charge in [0.05, 0.1) is 5.69 Å². The zero-order valence-corrected chi connectivity index (χ0v) is 10.6. The lowest BCUT2D eigenvalue weighted by Crippen LogP contribution is -2.28. The summed E-state index contributed by atoms with van der Waals surface area (Å²) in [6.45, 7) is 3.94. The first-order valence-corrected chi connectivity index (χ1v) is 6.50. The van der Waals surface area contributed by atoms with E-state index in [4.69, 9.17) is 0 Å². The summed E-state index contributed by atoms with van der Waals surface area (Å²) in [6, 6.07) is 5.97. The lowest BCUT2D eigenvalue weighted by molar-refractivity contribution is -0.110. The maximum Gasteiger partial charge on any atom is 0.276 e. The van der Waals surface area contributed by atoms with Crippen molar-refractivity contribution < 1.29 is 4.79 Å². The van der Waals surface area contributed by atoms with E-state index in [1.165, 1.54) is 19.3 Å². The summed E-state index contributed by atoms with van der Waals surface area (Å²) in [7, 11) is 0. The normalized spacial score (nSPS) is 21.1. The number of anilines is 1. The van der Waals surface area contributed by atoms with E-state index in [1.807, 2.05) is 30.1 Å². The molecular weight excluding hydrogens is 226 g/mol. The maximum atomic E-state index is 11.9. The van der Waals surface area contributed by atoms with E-state index < -0.39 is 0 Å². The van der Waals surface area contributed by atoms with Crippen molar-refractivity contribution in [2.75, 3.05) is 18.4 Å². The van der Waals surface area contributed by atoms with Crippen LogP contribution in [0.5, 0.6) is 0 Å². The number of hydrogen-bond donors (Lipinski definition) is 1. The van der Waals surface area contributed by atoms with Gasteiger partial charge < -0.3 is 5.32 Å². The highest BCUT2D eigenvalue weighted by molar-refractivity contribution is 6.53. The number of piperidine rings is 1. The van der Waals surface area contributed by atoms with Crippen LogP contribution in [0.1, 0.15) is 30.4 Å². The average Bonchev–Trinajstić information content (AvgIpc) is 2.67. The Morgan fingerprint density at radius 2 is 2.00 bits per heavy atom. The van der Waals surface area contributed by atoms with Gasteiger partial charge in [-0.25, -0.2) is 0 Å². The van der Waals surface area contributed by atoms with Crippen molar-refractivity contribution in [1.82, 2.24) is 5.01 Å². The van der Waals surface area contributed by atoms with Crippen LogP contribution in [0.2, 0.25) is 0 Å². The van der Waals surface area contributed by atoms with Crippen LogP contribution in [-0.2, 0) is 4.79 Å². The van der Waals surface area contributed by atoms with Gasteiger partial charge in [-0.05, 0) is 38.3 Å². The smallest absolute Gasteiger partial charge is 0.276 e. The van der Waals surface area contributed by atoms with Crippen LogP contribution in [-0.4, -0.2) is 29.7 Å². The third-order valence-electron chi connectivity index (χ3n) is 3.47. The SMILES string of the molecule is Cc1ccc2c(c1)/C(=N/N1CCCCC1)C(=O)N2. The molecule has 0 unspecified atom stereocenters. The molecule has 1 N–H and O–H groups in total. The highest BCUT2D eigenvalue weighted by atomic mass is 16.2. The van der Waals surface area contributed by atoms with Crippen molar-refractivity contribution in [1.29, 1.82) is 0 Å². The van der Waals surface area contributed by atoms with Gasteiger partial charge in [0.2, 0.25) is 0 Å². The maximum absolute atomic E-state index is 11.9. The van der Waals surface area contributed by atoms with E-state index >= 15 is 0 Å². The minimum atomic E-state index is -0.0822. The van der Waals surface area contributed by atoms with Crippen LogP contribution in [0.4, 0.5) is 5.69 Å². The Kier molecular flexibility index (Phi) is 2.78. The van der Waals surface area contributed by atoms with Gasteiger partial charge in [-0.15, -0.1) is 0 Å². The van der Waals surface area contributed by atoms with Crippen LogP contribution >= 0.6 is 0 Å². The number of fused-ring (bicyclic) bond motifs is 1. The highest BCUT2D eigenvalue weighted by Crippen LogP contribution is 2.25. The summed E-state index contributed by atoms with van der Waals surface area (Å²) in [5.41, 5.74) is 3.53. The topological polar surface area (TPSA) is 44.7 Å². The first-order valence-electron chi connectivity index (χ1n) is 6.50. The molecule has 1 saturated heterocycles. The number of nitrogens with one attached hydrogen (secondary N) is 1. The zero-order chi connectivity index (χ0) is 12.5. The van der Waals surface area contributed by atoms with Crippen LogP contribution in [0.3, 0.4) is 0 Å². The highest BCUT2D eigenvalue weighted by Gasteiger charge is 2.27. The molecule has 0 radical (unpaired) electrons. The Balaban J connectivity index is 1.95. The minimum absolute atomic E-state index is 0.0822. The number of rotatable bonds is 1. The monoisotopic (exact) mass is 243 g/mol. The molecule has 3 rings (SSSR count). The molecule has 0 saturated carbocycles. The van der Waals surface area contributed by atoms with E-state index in [1.54, 1.807) is 0 Å². The van der Waals surface area contributed by atoms with Crippen LogP contribution in [0.15, 0.2) is 23.3 Å². The Morgan fingerprint density at radius 1 is 1.22 bits per heavy atom.